The molecule has 1 N–H and O–H groups in total. The van der Waals surface area contributed by atoms with Crippen LogP contribution in [-0.2, 0) is 6.42 Å². The van der Waals surface area contributed by atoms with Crippen molar-refractivity contribution in [2.75, 3.05) is 0 Å². The van der Waals surface area contributed by atoms with Crippen LogP contribution in [0.3, 0.4) is 0 Å². The highest BCUT2D eigenvalue weighted by Gasteiger charge is 2.35. The quantitative estimate of drug-likeness (QED) is 0.792. The summed E-state index contributed by atoms with van der Waals surface area (Å²) >= 11 is 0. The van der Waals surface area contributed by atoms with Gasteiger partial charge in [-0.3, -0.25) is 4.79 Å². The maximum absolute atomic E-state index is 12.4. The second-order valence-corrected chi connectivity index (χ2v) is 4.14. The van der Waals surface area contributed by atoms with Gasteiger partial charge in [0.05, 0.1) is 6.42 Å². The molecule has 5 heteroatoms. The molecule has 0 spiro atoms. The van der Waals surface area contributed by atoms with Crippen LogP contribution in [0.2, 0.25) is 0 Å². The first-order valence-corrected chi connectivity index (χ1v) is 5.24. The van der Waals surface area contributed by atoms with Gasteiger partial charge in [0.15, 0.2) is 5.43 Å². The zero-order valence-electron chi connectivity index (χ0n) is 8.60. The number of nitrogens with one attached hydrogen (secondary N) is 1. The lowest BCUT2D eigenvalue weighted by molar-refractivity contribution is -0.139. The number of rotatable bonds is 1. The largest absolute Gasteiger partial charge is 0.389 e. The van der Waals surface area contributed by atoms with Crippen molar-refractivity contribution >= 4 is 0 Å². The van der Waals surface area contributed by atoms with Gasteiger partial charge < -0.3 is 4.98 Å². The fourth-order valence-corrected chi connectivity index (χ4v) is 2.34. The van der Waals surface area contributed by atoms with E-state index in [1.54, 1.807) is 0 Å². The average Bonchev–Trinajstić information content (AvgIpc) is 2.15. The number of pyridine rings is 1. The maximum atomic E-state index is 12.4. The Morgan fingerprint density at radius 2 is 2.19 bits per heavy atom. The van der Waals surface area contributed by atoms with Crippen molar-refractivity contribution in [3.8, 4) is 0 Å². The molecule has 1 atom stereocenters. The predicted octanol–water partition coefficient (Wildman–Crippen LogP) is 2.75. The van der Waals surface area contributed by atoms with E-state index in [0.717, 1.165) is 0 Å². The number of alkyl halides is 3. The summed E-state index contributed by atoms with van der Waals surface area (Å²) in [7, 11) is 0. The van der Waals surface area contributed by atoms with E-state index in [-0.39, 0.29) is 5.43 Å². The van der Waals surface area contributed by atoms with Gasteiger partial charge in [0.1, 0.15) is 0 Å². The standard InChI is InChI=1S/C11H12F3NO/c12-11(13,14)6-7-2-1-3-8-10(7)9(16)4-5-15-8/h4-5,7H,1-3,6H2,(H,15,16)/t7-/m1/s1. The van der Waals surface area contributed by atoms with Crippen LogP contribution in [0, 0.1) is 0 Å². The van der Waals surface area contributed by atoms with Crippen molar-refractivity contribution in [1.29, 1.82) is 0 Å². The summed E-state index contributed by atoms with van der Waals surface area (Å²) in [5, 5.41) is 0. The summed E-state index contributed by atoms with van der Waals surface area (Å²) < 4.78 is 37.1. The molecule has 0 aliphatic heterocycles. The van der Waals surface area contributed by atoms with Gasteiger partial charge in [-0.2, -0.15) is 13.2 Å². The summed E-state index contributed by atoms with van der Waals surface area (Å²) in [5.41, 5.74) is 0.738. The third-order valence-corrected chi connectivity index (χ3v) is 2.95. The van der Waals surface area contributed by atoms with Gasteiger partial charge in [-0.1, -0.05) is 0 Å². The van der Waals surface area contributed by atoms with E-state index in [2.05, 4.69) is 4.98 Å². The summed E-state index contributed by atoms with van der Waals surface area (Å²) in [5.74, 6) is -0.673. The zero-order chi connectivity index (χ0) is 11.8. The van der Waals surface area contributed by atoms with Crippen LogP contribution in [0.15, 0.2) is 17.1 Å². The van der Waals surface area contributed by atoms with E-state index < -0.39 is 18.5 Å². The highest BCUT2D eigenvalue weighted by Crippen LogP contribution is 2.36. The van der Waals surface area contributed by atoms with E-state index in [9.17, 15) is 18.0 Å². The summed E-state index contributed by atoms with van der Waals surface area (Å²) in [6.45, 7) is 0. The molecule has 0 saturated carbocycles. The summed E-state index contributed by atoms with van der Waals surface area (Å²) in [6, 6.07) is 1.30. The molecule has 0 saturated heterocycles. The zero-order valence-corrected chi connectivity index (χ0v) is 8.60. The Morgan fingerprint density at radius 1 is 1.44 bits per heavy atom. The van der Waals surface area contributed by atoms with Crippen molar-refractivity contribution < 1.29 is 13.2 Å². The highest BCUT2D eigenvalue weighted by molar-refractivity contribution is 5.27. The lowest BCUT2D eigenvalue weighted by Crippen LogP contribution is -2.25. The topological polar surface area (TPSA) is 32.9 Å². The molecular weight excluding hydrogens is 219 g/mol. The molecule has 0 radical (unpaired) electrons. The number of hydrogen-bond acceptors (Lipinski definition) is 1. The molecule has 16 heavy (non-hydrogen) atoms. The van der Waals surface area contributed by atoms with Gasteiger partial charge in [0, 0.05) is 23.5 Å². The Kier molecular flexibility index (Phi) is 2.78. The van der Waals surface area contributed by atoms with Crippen molar-refractivity contribution in [2.24, 2.45) is 0 Å². The number of fused-ring (bicyclic) bond motifs is 1. The molecule has 2 rings (SSSR count). The van der Waals surface area contributed by atoms with Crippen molar-refractivity contribution in [3.05, 3.63) is 33.7 Å². The Hall–Kier alpha value is -1.26. The minimum Gasteiger partial charge on any atom is -0.365 e. The number of aromatic amines is 1. The normalized spacial score (nSPS) is 20.6. The Morgan fingerprint density at radius 3 is 2.88 bits per heavy atom. The Bertz CT molecular complexity index is 436. The van der Waals surface area contributed by atoms with Crippen molar-refractivity contribution in [3.63, 3.8) is 0 Å². The molecule has 1 aliphatic rings. The first-order valence-electron chi connectivity index (χ1n) is 5.24. The van der Waals surface area contributed by atoms with Crippen LogP contribution in [-0.4, -0.2) is 11.2 Å². The molecule has 0 fully saturated rings. The molecule has 1 aromatic rings. The van der Waals surface area contributed by atoms with E-state index in [4.69, 9.17) is 0 Å². The molecule has 1 aromatic heterocycles. The third-order valence-electron chi connectivity index (χ3n) is 2.95. The van der Waals surface area contributed by atoms with Crippen LogP contribution in [0.4, 0.5) is 13.2 Å². The predicted molar refractivity (Wildman–Crippen MR) is 53.4 cm³/mol. The Balaban J connectivity index is 2.36. The lowest BCUT2D eigenvalue weighted by Gasteiger charge is -2.25. The third kappa shape index (κ3) is 2.28. The molecule has 0 aromatic carbocycles. The highest BCUT2D eigenvalue weighted by atomic mass is 19.4. The fraction of sp³-hybridized carbons (Fsp3) is 0.545. The second-order valence-electron chi connectivity index (χ2n) is 4.14. The summed E-state index contributed by atoms with van der Waals surface area (Å²) in [4.78, 5) is 14.5. The molecule has 1 aliphatic carbocycles. The van der Waals surface area contributed by atoms with E-state index in [1.165, 1.54) is 12.3 Å². The molecule has 0 amide bonds. The van der Waals surface area contributed by atoms with Crippen molar-refractivity contribution in [1.82, 2.24) is 4.98 Å². The van der Waals surface area contributed by atoms with Crippen LogP contribution in [0.25, 0.3) is 0 Å². The SMILES string of the molecule is O=c1cc[nH]c2c1[C@@H](CC(F)(F)F)CCC2. The van der Waals surface area contributed by atoms with Crippen LogP contribution >= 0.6 is 0 Å². The molecule has 0 bridgehead atoms. The molecule has 0 unspecified atom stereocenters. The summed E-state index contributed by atoms with van der Waals surface area (Å²) in [6.07, 6.45) is -1.79. The van der Waals surface area contributed by atoms with E-state index in [1.807, 2.05) is 0 Å². The number of halogens is 3. The van der Waals surface area contributed by atoms with E-state index >= 15 is 0 Å². The maximum Gasteiger partial charge on any atom is 0.389 e. The fourth-order valence-electron chi connectivity index (χ4n) is 2.34. The van der Waals surface area contributed by atoms with Gasteiger partial charge in [-0.05, 0) is 25.2 Å². The Labute approximate surface area is 90.5 Å². The van der Waals surface area contributed by atoms with Gasteiger partial charge in [-0.25, -0.2) is 0 Å². The number of H-pyrrole nitrogens is 1. The van der Waals surface area contributed by atoms with Crippen molar-refractivity contribution in [2.45, 2.75) is 37.8 Å². The van der Waals surface area contributed by atoms with Crippen LogP contribution in [0.5, 0.6) is 0 Å². The molecule has 88 valence electrons. The average molecular weight is 231 g/mol. The first kappa shape index (κ1) is 11.2. The number of aryl methyl sites for hydroxylation is 1. The van der Waals surface area contributed by atoms with Gasteiger partial charge in [-0.15, -0.1) is 0 Å². The monoisotopic (exact) mass is 231 g/mol. The van der Waals surface area contributed by atoms with Gasteiger partial charge >= 0.3 is 6.18 Å². The second kappa shape index (κ2) is 3.96. The lowest BCUT2D eigenvalue weighted by atomic mass is 9.83. The van der Waals surface area contributed by atoms with Gasteiger partial charge in [0.2, 0.25) is 0 Å². The van der Waals surface area contributed by atoms with E-state index in [0.29, 0.717) is 30.5 Å². The van der Waals surface area contributed by atoms with Gasteiger partial charge in [0.25, 0.3) is 0 Å². The number of aromatic nitrogens is 1. The number of hydrogen-bond donors (Lipinski definition) is 1. The van der Waals surface area contributed by atoms with Crippen LogP contribution < -0.4 is 5.43 Å². The molecule has 1 heterocycles. The molecule has 2 nitrogen and oxygen atoms in total. The first-order chi connectivity index (χ1) is 7.47. The molecular formula is C11H12F3NO. The minimum atomic E-state index is -4.21. The minimum absolute atomic E-state index is 0.275. The van der Waals surface area contributed by atoms with Crippen LogP contribution in [0.1, 0.15) is 36.4 Å². The smallest absolute Gasteiger partial charge is 0.365 e.